The van der Waals surface area contributed by atoms with Crippen LogP contribution in [0.3, 0.4) is 0 Å². The van der Waals surface area contributed by atoms with Gasteiger partial charge >= 0.3 is 37.7 Å². The van der Waals surface area contributed by atoms with Gasteiger partial charge in [-0.3, -0.25) is 38.1 Å². The van der Waals surface area contributed by atoms with Crippen molar-refractivity contribution in [3.8, 4) is 11.5 Å². The van der Waals surface area contributed by atoms with E-state index < -0.39 is 112 Å². The highest BCUT2D eigenvalue weighted by molar-refractivity contribution is 7.49. The monoisotopic (exact) mass is 2080 g/mol. The minimum Gasteiger partial charge on any atom is -0.462 e. The lowest BCUT2D eigenvalue weighted by atomic mass is 9.96. The Labute approximate surface area is 889 Å². The maximum atomic E-state index is 16.8. The maximum Gasteiger partial charge on any atom is 0.588 e. The highest BCUT2D eigenvalue weighted by Gasteiger charge is 2.54. The zero-order chi connectivity index (χ0) is 106. The summed E-state index contributed by atoms with van der Waals surface area (Å²) < 4.78 is 105. The highest BCUT2D eigenvalue weighted by atomic mass is 31.2. The number of rotatable bonds is 98. The van der Waals surface area contributed by atoms with Crippen LogP contribution in [0, 0.1) is 0 Å². The number of benzene rings is 4. The molecule has 1 heterocycles. The number of carbonyl (C=O) groups excluding carboxylic acids is 7. The molecule has 1 saturated heterocycles. The van der Waals surface area contributed by atoms with E-state index in [-0.39, 0.29) is 121 Å². The summed E-state index contributed by atoms with van der Waals surface area (Å²) in [5.74, 6) is -2.83. The van der Waals surface area contributed by atoms with Gasteiger partial charge in [-0.25, -0.2) is 4.57 Å². The van der Waals surface area contributed by atoms with Gasteiger partial charge in [-0.1, -0.05) is 435 Å². The predicted molar refractivity (Wildman–Crippen MR) is 590 cm³/mol. The molecule has 0 aromatic heterocycles. The Balaban J connectivity index is 1.80. The summed E-state index contributed by atoms with van der Waals surface area (Å²) in [7, 11) is -5.12. The fourth-order valence-electron chi connectivity index (χ4n) is 18.8. The number of hydrogen-bond acceptors (Lipinski definition) is 22. The van der Waals surface area contributed by atoms with Gasteiger partial charge in [0.25, 0.3) is 0 Å². The molecule has 0 radical (unpaired) electrons. The van der Waals surface area contributed by atoms with Crippen LogP contribution >= 0.6 is 7.82 Å². The van der Waals surface area contributed by atoms with Gasteiger partial charge in [-0.2, -0.15) is 0 Å². The van der Waals surface area contributed by atoms with E-state index in [0.717, 1.165) is 223 Å². The standard InChI is InChI=1S/C122H202N3O21P/c1-9-17-25-33-37-41-45-49-61-77-105(138-114(128)85-69-29-21-13-5)89-90-123-119-121(143-118(132)93-110(141-117(131)88-72-32-24-16-8)84-64-52-48-44-40-36-28-20-12-4)120(146-147(133,144-106-78-65-55-66-79-106)145-107-80-67-56-68-81-107)111(100-136-97-103(96-134-94-101-73-57-53-58-74-101)124-112(126)91-108(139-115(129)86-70-30-22-14-6)82-62-50-46-42-38-34-26-18-10-2)142-122(119)137-99-104(98-135-95-102-75-59-54-60-76-102)125-113(127)92-109(140-116(130)87-71-31-23-15-7)83-63-51-47-43-39-35-27-19-11-3/h53-60,65-68,73-76,78-81,103-105,108-111,119-123H,9-52,61-64,69-72,77,82-100H2,1-8H3,(H,124,126)(H,125,127)/t103-,104-,105+,108-,109-,110-,111-,119+,120-,121-,122+/m1/s1. The molecular weight excluding hydrogens is 1870 g/mol. The van der Waals surface area contributed by atoms with Gasteiger partial charge in [0.05, 0.1) is 83.6 Å². The summed E-state index contributed by atoms with van der Waals surface area (Å²) in [5.41, 5.74) is 1.76. The Hall–Kier alpha value is -7.28. The van der Waals surface area contributed by atoms with Crippen LogP contribution in [-0.2, 0) is 103 Å². The van der Waals surface area contributed by atoms with Crippen LogP contribution in [0.15, 0.2) is 121 Å². The van der Waals surface area contributed by atoms with Crippen LogP contribution in [0.4, 0.5) is 0 Å². The van der Waals surface area contributed by atoms with Crippen molar-refractivity contribution in [2.24, 2.45) is 0 Å². The molecule has 0 aliphatic carbocycles. The lowest BCUT2D eigenvalue weighted by Crippen LogP contribution is -2.66. The van der Waals surface area contributed by atoms with Crippen molar-refractivity contribution in [1.29, 1.82) is 0 Å². The first-order valence-electron chi connectivity index (χ1n) is 59.1. The molecule has 1 aliphatic heterocycles. The normalized spacial score (nSPS) is 15.9. The molecule has 147 heavy (non-hydrogen) atoms. The molecule has 5 rings (SSSR count). The summed E-state index contributed by atoms with van der Waals surface area (Å²) in [5, 5.41) is 10.2. The molecule has 0 unspecified atom stereocenters. The number of esters is 5. The molecule has 1 aliphatic rings. The van der Waals surface area contributed by atoms with Crippen LogP contribution in [0.1, 0.15) is 477 Å². The number of hydrogen-bond donors (Lipinski definition) is 3. The van der Waals surface area contributed by atoms with Gasteiger partial charge in [0, 0.05) is 25.7 Å². The largest absolute Gasteiger partial charge is 0.588 e. The van der Waals surface area contributed by atoms with Crippen LogP contribution in [0.2, 0.25) is 0 Å². The first-order valence-corrected chi connectivity index (χ1v) is 60.5. The van der Waals surface area contributed by atoms with Gasteiger partial charge < -0.3 is 72.4 Å². The first kappa shape index (κ1) is 130. The van der Waals surface area contributed by atoms with E-state index in [4.69, 9.17) is 60.9 Å². The van der Waals surface area contributed by atoms with Crippen molar-refractivity contribution >= 4 is 49.5 Å². The molecule has 11 atom stereocenters. The zero-order valence-electron chi connectivity index (χ0n) is 92.8. The van der Waals surface area contributed by atoms with Crippen molar-refractivity contribution < 1.29 is 99.1 Å². The number of phosphoric ester groups is 1. The minimum atomic E-state index is -5.12. The molecule has 4 aromatic carbocycles. The van der Waals surface area contributed by atoms with Gasteiger partial charge in [0.15, 0.2) is 12.4 Å². The minimum absolute atomic E-state index is 0.0615. The Bertz CT molecular complexity index is 3870. The molecule has 0 bridgehead atoms. The first-order chi connectivity index (χ1) is 71.9. The Morgan fingerprint density at radius 3 is 0.952 bits per heavy atom. The second kappa shape index (κ2) is 88.2. The Morgan fingerprint density at radius 2 is 0.605 bits per heavy atom. The third kappa shape index (κ3) is 67.0. The molecule has 3 N–H and O–H groups in total. The summed E-state index contributed by atoms with van der Waals surface area (Å²) in [6, 6.07) is 33.1. The van der Waals surface area contributed by atoms with Crippen LogP contribution in [-0.4, -0.2) is 148 Å². The highest BCUT2D eigenvalue weighted by Crippen LogP contribution is 2.53. The van der Waals surface area contributed by atoms with E-state index in [0.29, 0.717) is 57.8 Å². The summed E-state index contributed by atoms with van der Waals surface area (Å²) >= 11 is 0. The molecule has 0 saturated carbocycles. The van der Waals surface area contributed by atoms with Gasteiger partial charge in [-0.05, 0) is 125 Å². The fraction of sp³-hybridized carbons (Fsp3) is 0.746. The number of amides is 2. The number of unbranched alkanes of at least 4 members (excludes halogenated alkanes) is 44. The molecule has 24 nitrogen and oxygen atoms in total. The number of para-hydroxylation sites is 2. The lowest BCUT2D eigenvalue weighted by molar-refractivity contribution is -0.275. The third-order valence-corrected chi connectivity index (χ3v) is 28.8. The van der Waals surface area contributed by atoms with Crippen molar-refractivity contribution in [2.45, 2.75) is 547 Å². The van der Waals surface area contributed by atoms with Crippen LogP contribution in [0.25, 0.3) is 0 Å². The quantitative estimate of drug-likeness (QED) is 0.0160. The molecular formula is C122H202N3O21P. The molecule has 1 fully saturated rings. The summed E-state index contributed by atoms with van der Waals surface area (Å²) in [6.45, 7) is 16.6. The molecule has 0 spiro atoms. The van der Waals surface area contributed by atoms with Gasteiger partial charge in [0.1, 0.15) is 48.1 Å². The molecule has 836 valence electrons. The van der Waals surface area contributed by atoms with Crippen LogP contribution < -0.4 is 25.0 Å². The van der Waals surface area contributed by atoms with E-state index >= 15 is 18.9 Å². The van der Waals surface area contributed by atoms with Gasteiger partial charge in [0.2, 0.25) is 11.8 Å². The van der Waals surface area contributed by atoms with Crippen molar-refractivity contribution in [3.05, 3.63) is 132 Å². The SMILES string of the molecule is CCCCCCCCCCC[C@@H](CCN[C@@H]1[C@@H](OC[C@@H](COCc2ccccc2)NC(=O)C[C@@H](CCCCCCCCCCC)OC(=O)CCCCCC)O[C@H](COC[C@@H](COCc2ccccc2)NC(=O)C[C@@H](CCCCCCCCCCC)OC(=O)CCCCCC)[C@@H](OP(=O)(Oc2ccccc2)Oc2ccccc2)[C@@H]1OC(=O)C[C@@H](CCCCCCCCCCC)OC(=O)CCCCCC)OC(=O)CCCCCC. The third-order valence-electron chi connectivity index (χ3n) is 27.5. The predicted octanol–water partition coefficient (Wildman–Crippen LogP) is 30.4. The Morgan fingerprint density at radius 1 is 0.313 bits per heavy atom. The van der Waals surface area contributed by atoms with Gasteiger partial charge in [-0.15, -0.1) is 0 Å². The zero-order valence-corrected chi connectivity index (χ0v) is 93.7. The second-order valence-electron chi connectivity index (χ2n) is 41.3. The lowest BCUT2D eigenvalue weighted by Gasteiger charge is -2.46. The van der Waals surface area contributed by atoms with E-state index in [9.17, 15) is 19.2 Å². The maximum absolute atomic E-state index is 16.8. The second-order valence-corrected chi connectivity index (χ2v) is 42.7. The average Bonchev–Trinajstić information content (AvgIpc) is 0.770. The average molecular weight is 2080 g/mol. The van der Waals surface area contributed by atoms with E-state index in [1.807, 2.05) is 60.7 Å². The molecule has 2 amide bonds. The summed E-state index contributed by atoms with van der Waals surface area (Å²) in [4.78, 5) is 103. The van der Waals surface area contributed by atoms with Crippen molar-refractivity contribution in [1.82, 2.24) is 16.0 Å². The number of carbonyl (C=O) groups is 7. The van der Waals surface area contributed by atoms with E-state index in [1.54, 1.807) is 60.7 Å². The van der Waals surface area contributed by atoms with E-state index in [2.05, 4.69) is 71.3 Å². The van der Waals surface area contributed by atoms with Crippen molar-refractivity contribution in [3.63, 3.8) is 0 Å². The smallest absolute Gasteiger partial charge is 0.462 e. The van der Waals surface area contributed by atoms with E-state index in [1.165, 1.54) is 89.9 Å². The number of phosphoric acid groups is 1. The Kier molecular flexibility index (Phi) is 78.1. The molecule has 25 heteroatoms. The van der Waals surface area contributed by atoms with Crippen molar-refractivity contribution in [2.75, 3.05) is 39.6 Å². The molecule has 4 aromatic rings. The topological polar surface area (TPSA) is 293 Å². The summed E-state index contributed by atoms with van der Waals surface area (Å²) in [6.07, 6.45) is 45.8. The number of nitrogens with one attached hydrogen (secondary N) is 3. The van der Waals surface area contributed by atoms with Crippen LogP contribution in [0.5, 0.6) is 11.5 Å². The number of ether oxygens (including phenoxy) is 10. The fourth-order valence-corrected chi connectivity index (χ4v) is 20.3.